The van der Waals surface area contributed by atoms with E-state index in [0.29, 0.717) is 6.61 Å². The Kier molecular flexibility index (Phi) is 6.03. The van der Waals surface area contributed by atoms with E-state index in [-0.39, 0.29) is 7.69 Å². The van der Waals surface area contributed by atoms with E-state index in [1.807, 2.05) is 6.08 Å². The Labute approximate surface area is 58.5 Å². The summed E-state index contributed by atoms with van der Waals surface area (Å²) in [6.07, 6.45) is 1.97. The van der Waals surface area contributed by atoms with Crippen LogP contribution < -0.4 is 0 Å². The maximum absolute atomic E-state index is 8.19. The zero-order valence-corrected chi connectivity index (χ0v) is 7.16. The van der Waals surface area contributed by atoms with Crippen molar-refractivity contribution >= 4 is 16.5 Å². The van der Waals surface area contributed by atoms with E-state index in [2.05, 4.69) is 23.4 Å². The van der Waals surface area contributed by atoms with Gasteiger partial charge in [0.15, 0.2) is 0 Å². The smallest absolute Gasteiger partial charge is 0.430 e. The molecule has 0 heterocycles. The molecule has 0 radical (unpaired) electrons. The summed E-state index contributed by atoms with van der Waals surface area (Å²) < 4.78 is 4.67. The van der Waals surface area contributed by atoms with Crippen LogP contribution in [0.1, 0.15) is 0 Å². The highest BCUT2D eigenvalue weighted by Gasteiger charge is 1.84. The van der Waals surface area contributed by atoms with Crippen molar-refractivity contribution < 1.29 is 9.68 Å². The predicted octanol–water partition coefficient (Wildman–Crippen LogP) is -0.156. The van der Waals surface area contributed by atoms with E-state index < -0.39 is 8.80 Å². The second-order valence-corrected chi connectivity index (χ2v) is 5.04. The second kappa shape index (κ2) is 6.07. The summed E-state index contributed by atoms with van der Waals surface area (Å²) in [6.45, 7) is 5.01. The summed E-state index contributed by atoms with van der Waals surface area (Å²) in [5.74, 6) is 0. The summed E-state index contributed by atoms with van der Waals surface area (Å²) in [4.78, 5) is 0. The van der Waals surface area contributed by atoms with Crippen LogP contribution >= 0.6 is 0 Å². The minimum absolute atomic E-state index is 0.177. The molecule has 0 aromatic heterocycles. The first-order valence-electron chi connectivity index (χ1n) is 3.12. The summed E-state index contributed by atoms with van der Waals surface area (Å²) in [5, 5.41) is 8.19. The first-order valence-corrected chi connectivity index (χ1v) is 6.10. The molecule has 0 unspecified atom stereocenters. The Bertz CT molecular complexity index is 85.0. The van der Waals surface area contributed by atoms with Gasteiger partial charge in [0, 0.05) is 6.61 Å². The summed E-state index contributed by atoms with van der Waals surface area (Å²) >= 11 is 0. The van der Waals surface area contributed by atoms with Gasteiger partial charge < -0.3 is 9.68 Å². The van der Waals surface area contributed by atoms with Gasteiger partial charge in [0.1, 0.15) is 0 Å². The van der Waals surface area contributed by atoms with Crippen molar-refractivity contribution in [3.63, 3.8) is 0 Å². The van der Waals surface area contributed by atoms with Crippen LogP contribution in [0.3, 0.4) is 0 Å². The number of hydrogen-bond acceptors (Lipinski definition) is 2. The summed E-state index contributed by atoms with van der Waals surface area (Å²) in [5.41, 5.74) is 2.18. The van der Waals surface area contributed by atoms with Crippen molar-refractivity contribution in [2.24, 2.45) is 0 Å². The summed E-state index contributed by atoms with van der Waals surface area (Å²) in [6, 6.07) is 0. The number of hydrogen-bond donors (Lipinski definition) is 1. The van der Waals surface area contributed by atoms with Gasteiger partial charge in [-0.25, -0.2) is 0 Å². The minimum Gasteiger partial charge on any atom is -0.430 e. The molecule has 0 saturated heterocycles. The fraction of sp³-hybridized carbons (Fsp3) is 0.600. The van der Waals surface area contributed by atoms with Crippen molar-refractivity contribution in [2.45, 2.75) is 13.1 Å². The highest BCUT2D eigenvalue weighted by molar-refractivity contribution is 6.61. The van der Waals surface area contributed by atoms with Crippen LogP contribution in [0.25, 0.3) is 0 Å². The largest absolute Gasteiger partial charge is 0.435 e. The van der Waals surface area contributed by atoms with Gasteiger partial charge in [0.25, 0.3) is 0 Å². The Morgan fingerprint density at radius 3 is 2.78 bits per heavy atom. The van der Waals surface area contributed by atoms with Gasteiger partial charge >= 0.3 is 7.69 Å². The molecule has 0 spiro atoms. The maximum atomic E-state index is 8.19. The molecule has 1 N–H and O–H groups in total. The number of rotatable bonds is 4. The van der Waals surface area contributed by atoms with E-state index >= 15 is 0 Å². The van der Waals surface area contributed by atoms with Crippen LogP contribution in [0, 0.1) is 0 Å². The molecule has 0 rings (SSSR count). The third-order valence-electron chi connectivity index (χ3n) is 0.826. The van der Waals surface area contributed by atoms with Crippen LogP contribution in [0.4, 0.5) is 0 Å². The lowest BCUT2D eigenvalue weighted by Gasteiger charge is -1.92. The molecular weight excluding hydrogens is 131 g/mol. The standard InChI is InChI=1S/C5H13BO2Si/c1-9(2)5-3-4-8-6-7/h3,5-7,9H,4H2,1-2H3. The van der Waals surface area contributed by atoms with Gasteiger partial charge in [0.2, 0.25) is 0 Å². The fourth-order valence-corrected chi connectivity index (χ4v) is 1.10. The Morgan fingerprint density at radius 2 is 2.33 bits per heavy atom. The van der Waals surface area contributed by atoms with Gasteiger partial charge in [-0.3, -0.25) is 0 Å². The fourth-order valence-electron chi connectivity index (χ4n) is 0.448. The molecule has 0 saturated carbocycles. The quantitative estimate of drug-likeness (QED) is 0.439. The average Bonchev–Trinajstić information content (AvgIpc) is 1.80. The molecule has 0 bridgehead atoms. The molecule has 52 valence electrons. The molecule has 0 atom stereocenters. The molecule has 0 aromatic rings. The third-order valence-corrected chi connectivity index (χ3v) is 1.87. The zero-order valence-electron chi connectivity index (χ0n) is 6.00. The van der Waals surface area contributed by atoms with Crippen LogP contribution in [0.5, 0.6) is 0 Å². The first kappa shape index (κ1) is 8.94. The van der Waals surface area contributed by atoms with Gasteiger partial charge in [-0.15, -0.1) is 0 Å². The van der Waals surface area contributed by atoms with E-state index in [1.54, 1.807) is 0 Å². The van der Waals surface area contributed by atoms with Crippen LogP contribution in [-0.4, -0.2) is 28.1 Å². The van der Waals surface area contributed by atoms with Crippen molar-refractivity contribution in [2.75, 3.05) is 6.61 Å². The van der Waals surface area contributed by atoms with Crippen LogP contribution in [0.15, 0.2) is 11.8 Å². The van der Waals surface area contributed by atoms with Gasteiger partial charge in [-0.05, 0) is 0 Å². The van der Waals surface area contributed by atoms with Crippen LogP contribution in [-0.2, 0) is 4.65 Å². The highest BCUT2D eigenvalue weighted by Crippen LogP contribution is 1.81. The van der Waals surface area contributed by atoms with Crippen molar-refractivity contribution in [1.82, 2.24) is 0 Å². The SMILES string of the molecule is C[SiH](C)C=CCOBO. The monoisotopic (exact) mass is 144 g/mol. The molecule has 2 nitrogen and oxygen atoms in total. The van der Waals surface area contributed by atoms with Crippen LogP contribution in [0.2, 0.25) is 13.1 Å². The molecule has 4 heteroatoms. The topological polar surface area (TPSA) is 29.5 Å². The second-order valence-electron chi connectivity index (χ2n) is 2.17. The molecule has 0 aliphatic rings. The lowest BCUT2D eigenvalue weighted by Crippen LogP contribution is -1.98. The van der Waals surface area contributed by atoms with E-state index in [4.69, 9.17) is 5.02 Å². The normalized spacial score (nSPS) is 11.1. The lowest BCUT2D eigenvalue weighted by molar-refractivity contribution is 0.320. The first-order chi connectivity index (χ1) is 4.27. The summed E-state index contributed by atoms with van der Waals surface area (Å²) in [7, 11) is -0.732. The third kappa shape index (κ3) is 7.94. The van der Waals surface area contributed by atoms with Gasteiger partial charge in [-0.2, -0.15) is 0 Å². The minimum atomic E-state index is -0.555. The van der Waals surface area contributed by atoms with E-state index in [0.717, 1.165) is 0 Å². The highest BCUT2D eigenvalue weighted by atomic mass is 28.3. The molecular formula is C5H13BO2Si. The molecule has 0 aromatic carbocycles. The average molecular weight is 144 g/mol. The van der Waals surface area contributed by atoms with Gasteiger partial charge in [0.05, 0.1) is 8.80 Å². The molecule has 0 fully saturated rings. The maximum Gasteiger partial charge on any atom is 0.435 e. The molecule has 0 aliphatic carbocycles. The van der Waals surface area contributed by atoms with Crippen molar-refractivity contribution in [3.05, 3.63) is 11.8 Å². The molecule has 9 heavy (non-hydrogen) atoms. The molecule has 0 aliphatic heterocycles. The predicted molar refractivity (Wildman–Crippen MR) is 43.3 cm³/mol. The Hall–Kier alpha value is -0.0582. The van der Waals surface area contributed by atoms with E-state index in [9.17, 15) is 0 Å². The molecule has 0 amide bonds. The van der Waals surface area contributed by atoms with E-state index in [1.165, 1.54) is 0 Å². The zero-order chi connectivity index (χ0) is 7.11. The lowest BCUT2D eigenvalue weighted by atomic mass is 10.4. The Balaban J connectivity index is 3.04. The Morgan fingerprint density at radius 1 is 1.67 bits per heavy atom. The van der Waals surface area contributed by atoms with Gasteiger partial charge in [-0.1, -0.05) is 24.9 Å². The van der Waals surface area contributed by atoms with Crippen molar-refractivity contribution in [1.29, 1.82) is 0 Å². The van der Waals surface area contributed by atoms with Crippen molar-refractivity contribution in [3.8, 4) is 0 Å².